The highest BCUT2D eigenvalue weighted by Gasteiger charge is 2.43. The molecule has 0 radical (unpaired) electrons. The van der Waals surface area contributed by atoms with Gasteiger partial charge in [0.05, 0.1) is 18.7 Å². The van der Waals surface area contributed by atoms with Crippen molar-refractivity contribution in [3.05, 3.63) is 77.1 Å². The molecule has 1 unspecified atom stereocenters. The van der Waals surface area contributed by atoms with Crippen molar-refractivity contribution in [1.82, 2.24) is 4.90 Å². The summed E-state index contributed by atoms with van der Waals surface area (Å²) in [5.41, 5.74) is 1.85. The highest BCUT2D eigenvalue weighted by atomic mass is 16.5. The third-order valence-electron chi connectivity index (χ3n) is 4.80. The lowest BCUT2D eigenvalue weighted by atomic mass is 9.92. The van der Waals surface area contributed by atoms with Crippen LogP contribution < -0.4 is 4.74 Å². The summed E-state index contributed by atoms with van der Waals surface area (Å²) in [4.78, 5) is 27.3. The molecule has 0 spiro atoms. The normalized spacial score (nSPS) is 16.8. The van der Waals surface area contributed by atoms with Gasteiger partial charge in [0.1, 0.15) is 5.75 Å². The van der Waals surface area contributed by atoms with E-state index in [0.717, 1.165) is 11.1 Å². The van der Waals surface area contributed by atoms with Gasteiger partial charge in [-0.3, -0.25) is 9.59 Å². The molecule has 1 aliphatic rings. The molecule has 1 aliphatic heterocycles. The van der Waals surface area contributed by atoms with E-state index >= 15 is 0 Å². The number of aliphatic hydroxyl groups is 1. The first kappa shape index (κ1) is 19.7. The number of amides is 1. The maximum Gasteiger partial charge on any atom is 0.290 e. The molecule has 5 nitrogen and oxygen atoms in total. The smallest absolute Gasteiger partial charge is 0.290 e. The van der Waals surface area contributed by atoms with Crippen LogP contribution in [0, 0.1) is 5.92 Å². The summed E-state index contributed by atoms with van der Waals surface area (Å²) >= 11 is 0. The van der Waals surface area contributed by atoms with Gasteiger partial charge in [0.2, 0.25) is 0 Å². The molecule has 1 amide bonds. The van der Waals surface area contributed by atoms with Crippen LogP contribution in [0.2, 0.25) is 0 Å². The van der Waals surface area contributed by atoms with Gasteiger partial charge >= 0.3 is 0 Å². The maximum absolute atomic E-state index is 12.9. The Morgan fingerprint density at radius 3 is 2.50 bits per heavy atom. The standard InChI is InChI=1S/C23H25NO4/c1-15(2)12-19(25)20-21(17-9-5-4-6-10-17)24(23(27)22(20)26)14-16-8-7-11-18(13-16)28-3/h4-11,13,15,21,26H,12,14H2,1-3H3. The number of methoxy groups -OCH3 is 1. The monoisotopic (exact) mass is 379 g/mol. The number of ether oxygens (including phenoxy) is 1. The fraction of sp³-hybridized carbons (Fsp3) is 0.304. The lowest BCUT2D eigenvalue weighted by Gasteiger charge is -2.27. The lowest BCUT2D eigenvalue weighted by Crippen LogP contribution is -2.30. The van der Waals surface area contributed by atoms with Gasteiger partial charge in [-0.05, 0) is 29.2 Å². The van der Waals surface area contributed by atoms with Crippen LogP contribution >= 0.6 is 0 Å². The van der Waals surface area contributed by atoms with Gasteiger partial charge in [0.15, 0.2) is 11.5 Å². The molecule has 146 valence electrons. The van der Waals surface area contributed by atoms with Gasteiger partial charge in [0.25, 0.3) is 5.91 Å². The van der Waals surface area contributed by atoms with Gasteiger partial charge in [-0.15, -0.1) is 0 Å². The first-order valence-electron chi connectivity index (χ1n) is 9.37. The minimum absolute atomic E-state index is 0.131. The highest BCUT2D eigenvalue weighted by molar-refractivity contribution is 6.09. The second-order valence-corrected chi connectivity index (χ2v) is 7.38. The van der Waals surface area contributed by atoms with Crippen molar-refractivity contribution >= 4 is 11.7 Å². The molecule has 1 N–H and O–H groups in total. The summed E-state index contributed by atoms with van der Waals surface area (Å²) < 4.78 is 5.26. The Kier molecular flexibility index (Phi) is 5.83. The Hall–Kier alpha value is -3.08. The molecule has 5 heteroatoms. The van der Waals surface area contributed by atoms with E-state index in [2.05, 4.69) is 0 Å². The molecule has 1 atom stereocenters. The summed E-state index contributed by atoms with van der Waals surface area (Å²) in [6, 6.07) is 16.2. The predicted octanol–water partition coefficient (Wildman–Crippen LogP) is 4.21. The average Bonchev–Trinajstić information content (AvgIpc) is 2.93. The Bertz CT molecular complexity index is 902. The van der Waals surface area contributed by atoms with Crippen molar-refractivity contribution in [2.75, 3.05) is 7.11 Å². The Morgan fingerprint density at radius 2 is 1.86 bits per heavy atom. The molecule has 1 heterocycles. The molecule has 0 bridgehead atoms. The molecule has 2 aromatic carbocycles. The minimum Gasteiger partial charge on any atom is -0.503 e. The minimum atomic E-state index is -0.605. The molecule has 28 heavy (non-hydrogen) atoms. The van der Waals surface area contributed by atoms with Crippen LogP contribution in [0.5, 0.6) is 5.75 Å². The number of rotatable bonds is 7. The van der Waals surface area contributed by atoms with E-state index in [1.54, 1.807) is 12.0 Å². The molecule has 0 saturated heterocycles. The first-order chi connectivity index (χ1) is 13.4. The highest BCUT2D eigenvalue weighted by Crippen LogP contribution is 2.39. The topological polar surface area (TPSA) is 66.8 Å². The van der Waals surface area contributed by atoms with Gasteiger partial charge in [0, 0.05) is 13.0 Å². The number of aliphatic hydroxyl groups excluding tert-OH is 1. The third kappa shape index (κ3) is 3.93. The third-order valence-corrected chi connectivity index (χ3v) is 4.80. The van der Waals surface area contributed by atoms with E-state index in [1.807, 2.05) is 68.4 Å². The molecular formula is C23H25NO4. The van der Waals surface area contributed by atoms with E-state index in [4.69, 9.17) is 4.74 Å². The van der Waals surface area contributed by atoms with Crippen molar-refractivity contribution in [3.8, 4) is 5.75 Å². The van der Waals surface area contributed by atoms with Crippen molar-refractivity contribution < 1.29 is 19.4 Å². The van der Waals surface area contributed by atoms with E-state index in [9.17, 15) is 14.7 Å². The number of nitrogens with zero attached hydrogens (tertiary/aromatic N) is 1. The van der Waals surface area contributed by atoms with E-state index in [0.29, 0.717) is 5.75 Å². The molecule has 0 fully saturated rings. The Morgan fingerprint density at radius 1 is 1.14 bits per heavy atom. The largest absolute Gasteiger partial charge is 0.503 e. The fourth-order valence-electron chi connectivity index (χ4n) is 3.53. The molecule has 2 aromatic rings. The zero-order chi connectivity index (χ0) is 20.3. The van der Waals surface area contributed by atoms with E-state index in [-0.39, 0.29) is 30.2 Å². The summed E-state index contributed by atoms with van der Waals surface area (Å²) in [5, 5.41) is 10.6. The number of carbonyl (C=O) groups is 2. The number of carbonyl (C=O) groups excluding carboxylic acids is 2. The molecule has 0 aliphatic carbocycles. The number of hydrogen-bond acceptors (Lipinski definition) is 4. The molecule has 0 aromatic heterocycles. The van der Waals surface area contributed by atoms with E-state index < -0.39 is 17.7 Å². The van der Waals surface area contributed by atoms with Gasteiger partial charge in [-0.25, -0.2) is 0 Å². The zero-order valence-corrected chi connectivity index (χ0v) is 16.4. The predicted molar refractivity (Wildman–Crippen MR) is 107 cm³/mol. The van der Waals surface area contributed by atoms with Crippen LogP contribution in [0.15, 0.2) is 65.9 Å². The number of hydrogen-bond donors (Lipinski definition) is 1. The van der Waals surface area contributed by atoms with Crippen LogP contribution in [0.1, 0.15) is 37.4 Å². The number of benzene rings is 2. The molecular weight excluding hydrogens is 354 g/mol. The van der Waals surface area contributed by atoms with Crippen LogP contribution in [-0.4, -0.2) is 28.8 Å². The molecule has 0 saturated carbocycles. The van der Waals surface area contributed by atoms with Crippen molar-refractivity contribution in [2.24, 2.45) is 5.92 Å². The first-order valence-corrected chi connectivity index (χ1v) is 9.37. The van der Waals surface area contributed by atoms with Gasteiger partial charge in [-0.2, -0.15) is 0 Å². The van der Waals surface area contributed by atoms with Gasteiger partial charge in [-0.1, -0.05) is 56.3 Å². The summed E-state index contributed by atoms with van der Waals surface area (Å²) in [7, 11) is 1.59. The second-order valence-electron chi connectivity index (χ2n) is 7.38. The van der Waals surface area contributed by atoms with Crippen LogP contribution in [0.4, 0.5) is 0 Å². The number of Topliss-reactive ketones (excluding diaryl/α,β-unsaturated/α-hetero) is 1. The zero-order valence-electron chi connectivity index (χ0n) is 16.4. The quantitative estimate of drug-likeness (QED) is 0.783. The summed E-state index contributed by atoms with van der Waals surface area (Å²) in [6.07, 6.45) is 0.281. The van der Waals surface area contributed by atoms with Crippen molar-refractivity contribution in [2.45, 2.75) is 32.9 Å². The van der Waals surface area contributed by atoms with Gasteiger partial charge < -0.3 is 14.7 Å². The van der Waals surface area contributed by atoms with Crippen molar-refractivity contribution in [3.63, 3.8) is 0 Å². The van der Waals surface area contributed by atoms with Crippen LogP contribution in [0.25, 0.3) is 0 Å². The van der Waals surface area contributed by atoms with Crippen LogP contribution in [-0.2, 0) is 16.1 Å². The van der Waals surface area contributed by atoms with Crippen molar-refractivity contribution in [1.29, 1.82) is 0 Å². The second kappa shape index (κ2) is 8.30. The van der Waals surface area contributed by atoms with E-state index in [1.165, 1.54) is 0 Å². The lowest BCUT2D eigenvalue weighted by molar-refractivity contribution is -0.130. The SMILES string of the molecule is COc1cccc(CN2C(=O)C(O)=C(C(=O)CC(C)C)C2c2ccccc2)c1. The summed E-state index contributed by atoms with van der Waals surface area (Å²) in [6.45, 7) is 4.15. The number of ketones is 1. The Balaban J connectivity index is 2.01. The van der Waals surface area contributed by atoms with Crippen LogP contribution in [0.3, 0.4) is 0 Å². The average molecular weight is 379 g/mol. The Labute approximate surface area is 165 Å². The molecule has 3 rings (SSSR count). The fourth-order valence-corrected chi connectivity index (χ4v) is 3.53. The maximum atomic E-state index is 12.9. The summed E-state index contributed by atoms with van der Waals surface area (Å²) in [5.74, 6) is -0.338.